The van der Waals surface area contributed by atoms with Crippen LogP contribution in [-0.2, 0) is 16.6 Å². The number of nitrogens with two attached hydrogens (primary N) is 1. The number of benzene rings is 1. The molecule has 104 valence electrons. The molecule has 0 atom stereocenters. The highest BCUT2D eigenvalue weighted by atomic mass is 79.9. The summed E-state index contributed by atoms with van der Waals surface area (Å²) in [6.45, 7) is 0.586. The van der Waals surface area contributed by atoms with Crippen molar-refractivity contribution in [3.63, 3.8) is 0 Å². The second-order valence-electron chi connectivity index (χ2n) is 4.20. The third kappa shape index (κ3) is 2.89. The molecule has 2 rings (SSSR count). The van der Waals surface area contributed by atoms with E-state index < -0.39 is 15.8 Å². The minimum Gasteiger partial charge on any atom is -0.326 e. The molecule has 0 spiro atoms. The molecular weight excluding hydrogens is 335 g/mol. The number of rotatable bonds is 3. The number of halogens is 2. The molecule has 0 radical (unpaired) electrons. The van der Waals surface area contributed by atoms with Gasteiger partial charge in [0.05, 0.1) is 0 Å². The van der Waals surface area contributed by atoms with Crippen LogP contribution in [0, 0.1) is 5.82 Å². The molecule has 0 aliphatic carbocycles. The minimum atomic E-state index is -3.83. The maximum atomic E-state index is 14.2. The van der Waals surface area contributed by atoms with Gasteiger partial charge in [0.1, 0.15) is 10.7 Å². The lowest BCUT2D eigenvalue weighted by Gasteiger charge is -2.23. The van der Waals surface area contributed by atoms with Gasteiger partial charge in [-0.3, -0.25) is 0 Å². The smallest absolute Gasteiger partial charge is 0.246 e. The van der Waals surface area contributed by atoms with E-state index in [9.17, 15) is 12.8 Å². The molecule has 0 unspecified atom stereocenters. The number of hydrogen-bond acceptors (Lipinski definition) is 3. The van der Waals surface area contributed by atoms with Gasteiger partial charge in [0.2, 0.25) is 10.0 Å². The van der Waals surface area contributed by atoms with Crippen LogP contribution in [0.1, 0.15) is 12.0 Å². The van der Waals surface area contributed by atoms with Gasteiger partial charge in [-0.15, -0.1) is 0 Å². The molecule has 0 bridgehead atoms. The topological polar surface area (TPSA) is 63.4 Å². The average Bonchev–Trinajstić information content (AvgIpc) is 2.41. The lowest BCUT2D eigenvalue weighted by molar-refractivity contribution is 0.432. The lowest BCUT2D eigenvalue weighted by Crippen LogP contribution is -2.34. The quantitative estimate of drug-likeness (QED) is 0.849. The highest BCUT2D eigenvalue weighted by Crippen LogP contribution is 2.27. The first-order valence-corrected chi connectivity index (χ1v) is 8.03. The van der Waals surface area contributed by atoms with Crippen molar-refractivity contribution < 1.29 is 12.8 Å². The Hall–Kier alpha value is -0.760. The predicted molar refractivity (Wildman–Crippen MR) is 74.5 cm³/mol. The minimum absolute atomic E-state index is 0.0479. The highest BCUT2D eigenvalue weighted by Gasteiger charge is 2.28. The van der Waals surface area contributed by atoms with Crippen LogP contribution in [0.4, 0.5) is 4.39 Å². The molecule has 0 saturated heterocycles. The van der Waals surface area contributed by atoms with Crippen LogP contribution in [0.15, 0.2) is 33.7 Å². The number of hydrogen-bond donors (Lipinski definition) is 1. The van der Waals surface area contributed by atoms with Gasteiger partial charge < -0.3 is 5.73 Å². The van der Waals surface area contributed by atoms with Gasteiger partial charge in [-0.2, -0.15) is 4.31 Å². The van der Waals surface area contributed by atoms with Crippen molar-refractivity contribution in [2.75, 3.05) is 13.1 Å². The summed E-state index contributed by atoms with van der Waals surface area (Å²) in [4.78, 5) is -0.322. The first kappa shape index (κ1) is 14.6. The summed E-state index contributed by atoms with van der Waals surface area (Å²) in [5.41, 5.74) is 5.61. The molecular formula is C12H14BrFN2O2S. The Kier molecular flexibility index (Phi) is 4.39. The molecule has 0 amide bonds. The lowest BCUT2D eigenvalue weighted by atomic mass is 10.2. The SMILES string of the molecule is NCc1cc(Br)cc(S(=O)(=O)N2CC=CCC2)c1F. The van der Waals surface area contributed by atoms with E-state index in [1.54, 1.807) is 6.08 Å². The Labute approximate surface area is 120 Å². The standard InChI is InChI=1S/C12H14BrFN2O2S/c13-10-6-9(8-15)12(14)11(7-10)19(17,18)16-4-2-1-3-5-16/h1-2,6-7H,3-5,8,15H2. The fraction of sp³-hybridized carbons (Fsp3) is 0.333. The van der Waals surface area contributed by atoms with Gasteiger partial charge in [-0.1, -0.05) is 28.1 Å². The van der Waals surface area contributed by atoms with Gasteiger partial charge in [0.15, 0.2) is 0 Å². The zero-order valence-corrected chi connectivity index (χ0v) is 12.5. The molecule has 1 aromatic rings. The molecule has 0 aromatic heterocycles. The van der Waals surface area contributed by atoms with Crippen molar-refractivity contribution >= 4 is 26.0 Å². The second-order valence-corrected chi connectivity index (χ2v) is 7.03. The first-order valence-electron chi connectivity index (χ1n) is 5.80. The summed E-state index contributed by atoms with van der Waals surface area (Å²) in [5, 5.41) is 0. The van der Waals surface area contributed by atoms with Gasteiger partial charge >= 0.3 is 0 Å². The van der Waals surface area contributed by atoms with Crippen molar-refractivity contribution in [1.82, 2.24) is 4.31 Å². The van der Waals surface area contributed by atoms with E-state index >= 15 is 0 Å². The van der Waals surface area contributed by atoms with E-state index in [-0.39, 0.29) is 23.5 Å². The monoisotopic (exact) mass is 348 g/mol. The average molecular weight is 349 g/mol. The Balaban J connectivity index is 2.51. The zero-order valence-electron chi connectivity index (χ0n) is 10.1. The van der Waals surface area contributed by atoms with Crippen molar-refractivity contribution in [2.45, 2.75) is 17.9 Å². The van der Waals surface area contributed by atoms with Crippen LogP contribution in [-0.4, -0.2) is 25.8 Å². The summed E-state index contributed by atoms with van der Waals surface area (Å²) in [7, 11) is -3.83. The van der Waals surface area contributed by atoms with Gasteiger partial charge in [0, 0.05) is 29.7 Å². The molecule has 1 aliphatic heterocycles. The maximum absolute atomic E-state index is 14.2. The van der Waals surface area contributed by atoms with E-state index in [0.717, 1.165) is 0 Å². The van der Waals surface area contributed by atoms with Crippen molar-refractivity contribution in [3.8, 4) is 0 Å². The Morgan fingerprint density at radius 1 is 1.37 bits per heavy atom. The maximum Gasteiger partial charge on any atom is 0.246 e. The van der Waals surface area contributed by atoms with E-state index in [0.29, 0.717) is 17.4 Å². The fourth-order valence-electron chi connectivity index (χ4n) is 1.93. The molecule has 1 heterocycles. The van der Waals surface area contributed by atoms with Crippen LogP contribution < -0.4 is 5.73 Å². The second kappa shape index (κ2) is 5.70. The van der Waals surface area contributed by atoms with Crippen molar-refractivity contribution in [1.29, 1.82) is 0 Å². The predicted octanol–water partition coefficient (Wildman–Crippen LogP) is 2.00. The summed E-state index contributed by atoms with van der Waals surface area (Å²) >= 11 is 3.19. The van der Waals surface area contributed by atoms with Crippen LogP contribution in [0.5, 0.6) is 0 Å². The zero-order chi connectivity index (χ0) is 14.0. The first-order chi connectivity index (χ1) is 8.96. The summed E-state index contributed by atoms with van der Waals surface area (Å²) in [6.07, 6.45) is 4.31. The Morgan fingerprint density at radius 2 is 2.11 bits per heavy atom. The normalized spacial score (nSPS) is 16.8. The van der Waals surface area contributed by atoms with Crippen LogP contribution in [0.3, 0.4) is 0 Å². The fourth-order valence-corrected chi connectivity index (χ4v) is 4.13. The molecule has 1 aromatic carbocycles. The van der Waals surface area contributed by atoms with E-state index in [1.807, 2.05) is 6.08 Å². The van der Waals surface area contributed by atoms with Gasteiger partial charge in [0.25, 0.3) is 0 Å². The molecule has 0 saturated carbocycles. The Morgan fingerprint density at radius 3 is 2.68 bits per heavy atom. The van der Waals surface area contributed by atoms with Gasteiger partial charge in [-0.25, -0.2) is 12.8 Å². The number of sulfonamides is 1. The largest absolute Gasteiger partial charge is 0.326 e. The van der Waals surface area contributed by atoms with Crippen LogP contribution in [0.25, 0.3) is 0 Å². The van der Waals surface area contributed by atoms with Crippen molar-refractivity contribution in [3.05, 3.63) is 40.1 Å². The van der Waals surface area contributed by atoms with E-state index in [2.05, 4.69) is 15.9 Å². The van der Waals surface area contributed by atoms with Crippen LogP contribution >= 0.6 is 15.9 Å². The third-order valence-electron chi connectivity index (χ3n) is 2.94. The van der Waals surface area contributed by atoms with Crippen molar-refractivity contribution in [2.24, 2.45) is 5.73 Å². The summed E-state index contributed by atoms with van der Waals surface area (Å²) < 4.78 is 40.8. The van der Waals surface area contributed by atoms with E-state index in [1.165, 1.54) is 16.4 Å². The van der Waals surface area contributed by atoms with E-state index in [4.69, 9.17) is 5.73 Å². The number of nitrogens with zero attached hydrogens (tertiary/aromatic N) is 1. The van der Waals surface area contributed by atoms with Gasteiger partial charge in [-0.05, 0) is 18.6 Å². The Bertz CT molecular complexity index is 616. The summed E-state index contributed by atoms with van der Waals surface area (Å²) in [5.74, 6) is -0.764. The van der Waals surface area contributed by atoms with Crippen LogP contribution in [0.2, 0.25) is 0 Å². The highest BCUT2D eigenvalue weighted by molar-refractivity contribution is 9.10. The molecule has 19 heavy (non-hydrogen) atoms. The molecule has 4 nitrogen and oxygen atoms in total. The molecule has 0 fully saturated rings. The third-order valence-corrected chi connectivity index (χ3v) is 5.26. The molecule has 1 aliphatic rings. The molecule has 2 N–H and O–H groups in total. The molecule has 7 heteroatoms. The summed E-state index contributed by atoms with van der Waals surface area (Å²) in [6, 6.07) is 2.77.